The third kappa shape index (κ3) is 8.62. The second-order valence-electron chi connectivity index (χ2n) is 9.84. The molecule has 6 aromatic carbocycles. The van der Waals surface area contributed by atoms with Gasteiger partial charge in [-0.2, -0.15) is 0 Å². The highest BCUT2D eigenvalue weighted by Gasteiger charge is 2.10. The summed E-state index contributed by atoms with van der Waals surface area (Å²) in [7, 11) is 1.63. The van der Waals surface area contributed by atoms with Gasteiger partial charge in [0, 0.05) is 22.6 Å². The number of Topliss-reactive ketones (excluding diaryl/α,β-unsaturated/α-hetero) is 2. The lowest BCUT2D eigenvalue weighted by Gasteiger charge is -2.06. The van der Waals surface area contributed by atoms with E-state index >= 15 is 0 Å². The fourth-order valence-electron chi connectivity index (χ4n) is 4.61. The molecule has 5 heteroatoms. The molecule has 216 valence electrons. The minimum atomic E-state index is 0.0253. The largest absolute Gasteiger partial charge is 0.497 e. The molecule has 0 saturated carbocycles. The van der Waals surface area contributed by atoms with E-state index in [1.807, 2.05) is 121 Å². The Bertz CT molecular complexity index is 1800. The van der Waals surface area contributed by atoms with Crippen molar-refractivity contribution in [1.82, 2.24) is 0 Å². The van der Waals surface area contributed by atoms with Crippen molar-refractivity contribution in [2.45, 2.75) is 20.0 Å². The Balaban J connectivity index is 0.000000163. The Morgan fingerprint density at radius 1 is 0.628 bits per heavy atom. The summed E-state index contributed by atoms with van der Waals surface area (Å²) in [6, 6.07) is 42.2. The number of hydrogen-bond donors (Lipinski definition) is 1. The number of carbonyl (C=O) groups is 2. The highest BCUT2D eigenvalue weighted by Crippen LogP contribution is 2.21. The molecule has 0 fully saturated rings. The first-order chi connectivity index (χ1) is 20.9. The summed E-state index contributed by atoms with van der Waals surface area (Å²) < 4.78 is 4.91. The number of methoxy groups -OCH3 is 1. The van der Waals surface area contributed by atoms with E-state index in [9.17, 15) is 9.59 Å². The maximum absolute atomic E-state index is 12.5. The topological polar surface area (TPSA) is 63.6 Å². The average Bonchev–Trinajstić information content (AvgIpc) is 3.05. The molecule has 0 aliphatic heterocycles. The molecule has 43 heavy (non-hydrogen) atoms. The van der Waals surface area contributed by atoms with E-state index in [-0.39, 0.29) is 18.2 Å². The second kappa shape index (κ2) is 15.5. The summed E-state index contributed by atoms with van der Waals surface area (Å²) in [5.41, 5.74) is 3.39. The maximum atomic E-state index is 12.5. The number of halogens is 1. The Hall–Kier alpha value is -4.77. The zero-order valence-corrected chi connectivity index (χ0v) is 24.9. The zero-order chi connectivity index (χ0) is 30.6. The fourth-order valence-corrected chi connectivity index (χ4v) is 4.74. The standard InChI is InChI=1S/C19H16O2.C12H10O.C7H7ClO/c20-13-15-10-8-14(9-11-15)12-19(21)18-7-3-5-16-4-1-2-6-17(16)18;1-9(13)11-8-4-6-10-5-2-3-7-12(10)11;1-9-7-4-2-6(8)3-5-7/h1-11,20H,12-13H2;2-8H,1H3;2-5H,1H3. The van der Waals surface area contributed by atoms with E-state index in [4.69, 9.17) is 21.4 Å². The van der Waals surface area contributed by atoms with E-state index in [0.717, 1.165) is 54.6 Å². The van der Waals surface area contributed by atoms with Crippen LogP contribution in [-0.2, 0) is 13.0 Å². The van der Waals surface area contributed by atoms with Crippen molar-refractivity contribution in [2.75, 3.05) is 7.11 Å². The van der Waals surface area contributed by atoms with Gasteiger partial charge in [0.25, 0.3) is 0 Å². The second-order valence-corrected chi connectivity index (χ2v) is 10.3. The minimum Gasteiger partial charge on any atom is -0.497 e. The lowest BCUT2D eigenvalue weighted by Crippen LogP contribution is -2.04. The van der Waals surface area contributed by atoms with Gasteiger partial charge in [-0.3, -0.25) is 9.59 Å². The van der Waals surface area contributed by atoms with Gasteiger partial charge in [-0.25, -0.2) is 0 Å². The molecule has 0 saturated heterocycles. The van der Waals surface area contributed by atoms with Gasteiger partial charge in [-0.05, 0) is 63.9 Å². The zero-order valence-electron chi connectivity index (χ0n) is 24.2. The number of aliphatic hydroxyl groups excluding tert-OH is 1. The van der Waals surface area contributed by atoms with Crippen LogP contribution in [0.2, 0.25) is 5.02 Å². The first kappa shape index (κ1) is 31.2. The molecule has 6 aromatic rings. The van der Waals surface area contributed by atoms with Crippen molar-refractivity contribution in [2.24, 2.45) is 0 Å². The van der Waals surface area contributed by atoms with Crippen molar-refractivity contribution in [3.05, 3.63) is 161 Å². The van der Waals surface area contributed by atoms with Crippen LogP contribution in [0, 0.1) is 0 Å². The summed E-state index contributed by atoms with van der Waals surface area (Å²) in [6.07, 6.45) is 0.375. The molecule has 4 nitrogen and oxygen atoms in total. The summed E-state index contributed by atoms with van der Waals surface area (Å²) in [4.78, 5) is 23.8. The van der Waals surface area contributed by atoms with Crippen LogP contribution in [0.3, 0.4) is 0 Å². The van der Waals surface area contributed by atoms with Crippen molar-refractivity contribution in [3.63, 3.8) is 0 Å². The Kier molecular flexibility index (Phi) is 11.2. The van der Waals surface area contributed by atoms with Gasteiger partial charge in [0.05, 0.1) is 13.7 Å². The molecule has 0 bridgehead atoms. The predicted molar refractivity (Wildman–Crippen MR) is 176 cm³/mol. The number of benzene rings is 6. The van der Waals surface area contributed by atoms with Crippen LogP contribution >= 0.6 is 11.6 Å². The highest BCUT2D eigenvalue weighted by atomic mass is 35.5. The SMILES string of the molecule is CC(=O)c1cccc2ccccc12.COc1ccc(Cl)cc1.O=C(Cc1ccc(CO)cc1)c1cccc2ccccc12. The van der Waals surface area contributed by atoms with E-state index in [2.05, 4.69) is 0 Å². The average molecular weight is 589 g/mol. The summed E-state index contributed by atoms with van der Waals surface area (Å²) in [5.74, 6) is 1.07. The van der Waals surface area contributed by atoms with E-state index < -0.39 is 0 Å². The van der Waals surface area contributed by atoms with Crippen LogP contribution in [0.4, 0.5) is 0 Å². The van der Waals surface area contributed by atoms with Gasteiger partial charge in [-0.1, -0.05) is 121 Å². The van der Waals surface area contributed by atoms with E-state index in [1.165, 1.54) is 0 Å². The fraction of sp³-hybridized carbons (Fsp3) is 0.105. The normalized spacial score (nSPS) is 10.2. The lowest BCUT2D eigenvalue weighted by atomic mass is 9.97. The summed E-state index contributed by atoms with van der Waals surface area (Å²) in [6.45, 7) is 1.62. The van der Waals surface area contributed by atoms with Gasteiger partial charge in [0.15, 0.2) is 11.6 Å². The molecule has 0 aliphatic rings. The Labute approximate surface area is 257 Å². The van der Waals surface area contributed by atoms with Crippen molar-refractivity contribution in [3.8, 4) is 5.75 Å². The molecule has 0 atom stereocenters. The minimum absolute atomic E-state index is 0.0253. The third-order valence-corrected chi connectivity index (χ3v) is 7.13. The van der Waals surface area contributed by atoms with Crippen molar-refractivity contribution in [1.29, 1.82) is 0 Å². The first-order valence-corrected chi connectivity index (χ1v) is 14.2. The number of carbonyl (C=O) groups excluding carboxylic acids is 2. The molecule has 0 radical (unpaired) electrons. The molecule has 0 spiro atoms. The molecule has 1 N–H and O–H groups in total. The van der Waals surface area contributed by atoms with Crippen LogP contribution in [0.15, 0.2) is 133 Å². The van der Waals surface area contributed by atoms with Crippen LogP contribution in [0.1, 0.15) is 38.8 Å². The van der Waals surface area contributed by atoms with E-state index in [1.54, 1.807) is 26.2 Å². The summed E-state index contributed by atoms with van der Waals surface area (Å²) in [5, 5.41) is 14.0. The van der Waals surface area contributed by atoms with Gasteiger partial charge < -0.3 is 9.84 Å². The van der Waals surface area contributed by atoms with Gasteiger partial charge in [-0.15, -0.1) is 0 Å². The number of ketones is 2. The summed E-state index contributed by atoms with van der Waals surface area (Å²) >= 11 is 5.61. The number of hydrogen-bond acceptors (Lipinski definition) is 4. The molecule has 6 rings (SSSR count). The van der Waals surface area contributed by atoms with Crippen LogP contribution < -0.4 is 4.74 Å². The number of fused-ring (bicyclic) bond motifs is 2. The highest BCUT2D eigenvalue weighted by molar-refractivity contribution is 6.30. The predicted octanol–water partition coefficient (Wildman–Crippen LogP) is 9.15. The Morgan fingerprint density at radius 3 is 1.65 bits per heavy atom. The molecule has 0 aromatic heterocycles. The van der Waals surface area contributed by atoms with Gasteiger partial charge in [0.1, 0.15) is 5.75 Å². The van der Waals surface area contributed by atoms with Crippen LogP contribution in [0.25, 0.3) is 21.5 Å². The maximum Gasteiger partial charge on any atom is 0.167 e. The van der Waals surface area contributed by atoms with Gasteiger partial charge >= 0.3 is 0 Å². The third-order valence-electron chi connectivity index (χ3n) is 6.88. The monoisotopic (exact) mass is 588 g/mol. The van der Waals surface area contributed by atoms with Crippen molar-refractivity contribution >= 4 is 44.7 Å². The Morgan fingerprint density at radius 2 is 1.12 bits per heavy atom. The quantitative estimate of drug-likeness (QED) is 0.197. The number of rotatable bonds is 6. The number of aliphatic hydroxyl groups is 1. The molecule has 0 amide bonds. The smallest absolute Gasteiger partial charge is 0.167 e. The lowest BCUT2D eigenvalue weighted by molar-refractivity contribution is 0.0991. The van der Waals surface area contributed by atoms with E-state index in [0.29, 0.717) is 6.42 Å². The molecule has 0 heterocycles. The van der Waals surface area contributed by atoms with Crippen molar-refractivity contribution < 1.29 is 19.4 Å². The molecule has 0 aliphatic carbocycles. The van der Waals surface area contributed by atoms with Crippen LogP contribution in [0.5, 0.6) is 5.75 Å². The van der Waals surface area contributed by atoms with Crippen LogP contribution in [-0.4, -0.2) is 23.8 Å². The number of ether oxygens (including phenoxy) is 1. The molecular weight excluding hydrogens is 556 g/mol. The molecular formula is C38H33ClO4. The first-order valence-electron chi connectivity index (χ1n) is 13.9. The molecule has 0 unspecified atom stereocenters. The van der Waals surface area contributed by atoms with Gasteiger partial charge in [0.2, 0.25) is 0 Å².